The van der Waals surface area contributed by atoms with Crippen LogP contribution in [0.15, 0.2) is 18.2 Å². The van der Waals surface area contributed by atoms with Gasteiger partial charge in [0.25, 0.3) is 5.91 Å². The molecule has 3 rings (SSSR count). The summed E-state index contributed by atoms with van der Waals surface area (Å²) in [5, 5.41) is 0.151. The lowest BCUT2D eigenvalue weighted by Gasteiger charge is -2.40. The molecule has 4 atom stereocenters. The third kappa shape index (κ3) is 5.47. The normalized spacial score (nSPS) is 23.1. The van der Waals surface area contributed by atoms with E-state index in [0.29, 0.717) is 16.0 Å². The number of hydrogen-bond donors (Lipinski definition) is 1. The minimum Gasteiger partial charge on any atom is -0.461 e. The lowest BCUT2D eigenvalue weighted by atomic mass is 10.0. The van der Waals surface area contributed by atoms with Gasteiger partial charge in [-0.2, -0.15) is 0 Å². The first-order chi connectivity index (χ1) is 14.6. The molecule has 31 heavy (non-hydrogen) atoms. The quantitative estimate of drug-likeness (QED) is 0.494. The number of amides is 1. The molecule has 0 unspecified atom stereocenters. The van der Waals surface area contributed by atoms with Gasteiger partial charge in [-0.15, -0.1) is 11.3 Å². The summed E-state index contributed by atoms with van der Waals surface area (Å²) in [6.07, 6.45) is -4.51. The van der Waals surface area contributed by atoms with Crippen molar-refractivity contribution in [3.8, 4) is 5.75 Å². The van der Waals surface area contributed by atoms with Crippen LogP contribution in [0.5, 0.6) is 5.75 Å². The van der Waals surface area contributed by atoms with Gasteiger partial charge >= 0.3 is 17.9 Å². The number of fused-ring (bicyclic) bond motifs is 1. The van der Waals surface area contributed by atoms with Crippen LogP contribution in [0.2, 0.25) is 0 Å². The van der Waals surface area contributed by atoms with E-state index in [9.17, 15) is 19.2 Å². The molecule has 2 heterocycles. The van der Waals surface area contributed by atoms with Gasteiger partial charge in [0, 0.05) is 20.8 Å². The van der Waals surface area contributed by atoms with Crippen LogP contribution in [-0.2, 0) is 33.3 Å². The average molecular weight is 452 g/mol. The van der Waals surface area contributed by atoms with Crippen LogP contribution in [0, 0.1) is 0 Å². The van der Waals surface area contributed by atoms with Crippen LogP contribution < -0.4 is 10.5 Å². The van der Waals surface area contributed by atoms with Crippen molar-refractivity contribution in [1.29, 1.82) is 0 Å². The number of hydrogen-bond acceptors (Lipinski definition) is 11. The van der Waals surface area contributed by atoms with Crippen molar-refractivity contribution in [2.24, 2.45) is 5.73 Å². The van der Waals surface area contributed by atoms with Crippen LogP contribution in [0.4, 0.5) is 0 Å². The Kier molecular flexibility index (Phi) is 6.71. The molecule has 1 fully saturated rings. The summed E-state index contributed by atoms with van der Waals surface area (Å²) in [6, 6.07) is 4.83. The first-order valence-electron chi connectivity index (χ1n) is 9.14. The van der Waals surface area contributed by atoms with Gasteiger partial charge < -0.3 is 29.4 Å². The van der Waals surface area contributed by atoms with Crippen molar-refractivity contribution in [2.75, 3.05) is 6.61 Å². The molecule has 1 amide bonds. The second-order valence-corrected chi connectivity index (χ2v) is 7.66. The highest BCUT2D eigenvalue weighted by atomic mass is 32.1. The standard InChI is InChI=1S/C19H20N2O9S/c1-8(22)27-13-7-26-19(16(29-10(3)24)15(13)28-9(2)23)30-11-4-5-12-14(6-11)31-18(21-12)17(20)25/h4-6,13,15-16,19H,7H2,1-3H3,(H2,20,25)/t13-,15+,16-,19+/m1/s1. The maximum Gasteiger partial charge on any atom is 0.303 e. The first-order valence-corrected chi connectivity index (χ1v) is 9.96. The Morgan fingerprint density at radius 3 is 2.29 bits per heavy atom. The van der Waals surface area contributed by atoms with Gasteiger partial charge in [-0.3, -0.25) is 19.2 Å². The predicted octanol–water partition coefficient (Wildman–Crippen LogP) is 0.925. The molecule has 0 bridgehead atoms. The highest BCUT2D eigenvalue weighted by Crippen LogP contribution is 2.30. The second kappa shape index (κ2) is 9.27. The molecule has 1 saturated heterocycles. The van der Waals surface area contributed by atoms with Crippen LogP contribution in [0.3, 0.4) is 0 Å². The van der Waals surface area contributed by atoms with E-state index in [-0.39, 0.29) is 11.6 Å². The largest absolute Gasteiger partial charge is 0.461 e. The summed E-state index contributed by atoms with van der Waals surface area (Å²) < 4.78 is 27.8. The lowest BCUT2D eigenvalue weighted by Crippen LogP contribution is -2.59. The zero-order valence-corrected chi connectivity index (χ0v) is 17.7. The summed E-state index contributed by atoms with van der Waals surface area (Å²) in [7, 11) is 0. The molecule has 0 aliphatic carbocycles. The minimum atomic E-state index is -1.21. The number of carbonyl (C=O) groups excluding carboxylic acids is 4. The van der Waals surface area contributed by atoms with E-state index in [4.69, 9.17) is 29.4 Å². The zero-order valence-electron chi connectivity index (χ0n) is 16.9. The monoisotopic (exact) mass is 452 g/mol. The maximum absolute atomic E-state index is 11.7. The third-order valence-electron chi connectivity index (χ3n) is 4.13. The Labute approximate surface area is 180 Å². The van der Waals surface area contributed by atoms with Crippen LogP contribution >= 0.6 is 11.3 Å². The molecule has 2 N–H and O–H groups in total. The van der Waals surface area contributed by atoms with Gasteiger partial charge in [0.15, 0.2) is 17.2 Å². The van der Waals surface area contributed by atoms with E-state index >= 15 is 0 Å². The van der Waals surface area contributed by atoms with Crippen molar-refractivity contribution >= 4 is 45.4 Å². The summed E-state index contributed by atoms with van der Waals surface area (Å²) >= 11 is 1.09. The summed E-state index contributed by atoms with van der Waals surface area (Å²) in [5.41, 5.74) is 5.82. The number of aromatic nitrogens is 1. The summed E-state index contributed by atoms with van der Waals surface area (Å²) in [5.74, 6) is -2.28. The number of nitrogens with zero attached hydrogens (tertiary/aromatic N) is 1. The minimum absolute atomic E-state index is 0.151. The van der Waals surface area contributed by atoms with E-state index in [1.54, 1.807) is 18.2 Å². The van der Waals surface area contributed by atoms with Crippen LogP contribution in [-0.4, -0.2) is 60.0 Å². The fourth-order valence-electron chi connectivity index (χ4n) is 3.03. The maximum atomic E-state index is 11.7. The second-order valence-electron chi connectivity index (χ2n) is 6.63. The molecule has 1 aromatic heterocycles. The van der Waals surface area contributed by atoms with Crippen molar-refractivity contribution in [1.82, 2.24) is 4.98 Å². The van der Waals surface area contributed by atoms with Gasteiger partial charge in [0.2, 0.25) is 12.4 Å². The Morgan fingerprint density at radius 1 is 1.03 bits per heavy atom. The molecule has 166 valence electrons. The van der Waals surface area contributed by atoms with E-state index in [2.05, 4.69) is 4.98 Å². The Hall–Kier alpha value is -3.25. The van der Waals surface area contributed by atoms with Gasteiger partial charge in [-0.25, -0.2) is 4.98 Å². The number of ether oxygens (including phenoxy) is 5. The van der Waals surface area contributed by atoms with Crippen molar-refractivity contribution in [3.05, 3.63) is 23.2 Å². The van der Waals surface area contributed by atoms with Gasteiger partial charge in [-0.1, -0.05) is 0 Å². The number of thiazole rings is 1. The number of rotatable bonds is 6. The number of carbonyl (C=O) groups is 4. The van der Waals surface area contributed by atoms with E-state index in [1.807, 2.05) is 0 Å². The average Bonchev–Trinajstić information content (AvgIpc) is 3.09. The number of benzene rings is 1. The molecule has 0 radical (unpaired) electrons. The SMILES string of the molecule is CC(=O)O[C@@H]1[C@@H](OC(C)=O)[C@H](Oc2ccc3nc(C(N)=O)sc3c2)OC[C@H]1OC(C)=O. The molecular formula is C19H20N2O9S. The third-order valence-corrected chi connectivity index (χ3v) is 5.16. The van der Waals surface area contributed by atoms with E-state index < -0.39 is 48.4 Å². The van der Waals surface area contributed by atoms with Gasteiger partial charge in [0.1, 0.15) is 5.75 Å². The van der Waals surface area contributed by atoms with Gasteiger partial charge in [-0.05, 0) is 18.2 Å². The number of nitrogens with two attached hydrogens (primary N) is 1. The highest BCUT2D eigenvalue weighted by Gasteiger charge is 2.48. The Bertz CT molecular complexity index is 1020. The fraction of sp³-hybridized carbons (Fsp3) is 0.421. The molecule has 11 nitrogen and oxygen atoms in total. The number of esters is 3. The first kappa shape index (κ1) is 22.4. The Balaban J connectivity index is 1.88. The highest BCUT2D eigenvalue weighted by molar-refractivity contribution is 7.20. The molecule has 12 heteroatoms. The van der Waals surface area contributed by atoms with Crippen LogP contribution in [0.1, 0.15) is 30.6 Å². The summed E-state index contributed by atoms with van der Waals surface area (Å²) in [6.45, 7) is 3.38. The van der Waals surface area contributed by atoms with Crippen molar-refractivity contribution < 1.29 is 42.9 Å². The van der Waals surface area contributed by atoms with Crippen LogP contribution in [0.25, 0.3) is 10.2 Å². The molecule has 1 aliphatic rings. The molecular weight excluding hydrogens is 432 g/mol. The Morgan fingerprint density at radius 2 is 1.68 bits per heavy atom. The lowest BCUT2D eigenvalue weighted by molar-refractivity contribution is -0.259. The van der Waals surface area contributed by atoms with Gasteiger partial charge in [0.05, 0.1) is 16.8 Å². The molecule has 1 aromatic carbocycles. The van der Waals surface area contributed by atoms with E-state index in [0.717, 1.165) is 11.3 Å². The van der Waals surface area contributed by atoms with Crippen molar-refractivity contribution in [3.63, 3.8) is 0 Å². The molecule has 1 aliphatic heterocycles. The molecule has 0 spiro atoms. The zero-order chi connectivity index (χ0) is 22.7. The molecule has 0 saturated carbocycles. The van der Waals surface area contributed by atoms with E-state index in [1.165, 1.54) is 20.8 Å². The predicted molar refractivity (Wildman–Crippen MR) is 105 cm³/mol. The smallest absolute Gasteiger partial charge is 0.303 e. The summed E-state index contributed by atoms with van der Waals surface area (Å²) in [4.78, 5) is 50.2. The fourth-order valence-corrected chi connectivity index (χ4v) is 3.87. The van der Waals surface area contributed by atoms with Crippen molar-refractivity contribution in [2.45, 2.75) is 45.4 Å². The number of primary amides is 1. The topological polar surface area (TPSA) is 153 Å². The molecule has 2 aromatic rings.